The Kier molecular flexibility index (Phi) is 4.67. The highest BCUT2D eigenvalue weighted by Gasteiger charge is 2.11. The first-order chi connectivity index (χ1) is 8.97. The van der Waals surface area contributed by atoms with Crippen LogP contribution in [0.4, 0.5) is 0 Å². The molecule has 0 radical (unpaired) electrons. The number of benzene rings is 2. The fraction of sp³-hybridized carbons (Fsp3) is 0.133. The Bertz CT molecular complexity index is 638. The first kappa shape index (κ1) is 14.6. The largest absolute Gasteiger partial charge is 0.294 e. The van der Waals surface area contributed by atoms with Crippen molar-refractivity contribution >= 4 is 44.9 Å². The van der Waals surface area contributed by atoms with Crippen molar-refractivity contribution in [3.63, 3.8) is 0 Å². The summed E-state index contributed by atoms with van der Waals surface area (Å²) in [6.07, 6.45) is 0.245. The van der Waals surface area contributed by atoms with Crippen LogP contribution in [0.5, 0.6) is 0 Å². The van der Waals surface area contributed by atoms with Gasteiger partial charge in [-0.25, -0.2) is 0 Å². The van der Waals surface area contributed by atoms with Gasteiger partial charge in [0.05, 0.1) is 0 Å². The molecule has 0 bridgehead atoms. The second kappa shape index (κ2) is 6.08. The summed E-state index contributed by atoms with van der Waals surface area (Å²) in [6, 6.07) is 10.7. The minimum absolute atomic E-state index is 0.0184. The molecule has 1 nitrogen and oxygen atoms in total. The molecule has 19 heavy (non-hydrogen) atoms. The zero-order valence-corrected chi connectivity index (χ0v) is 13.3. The lowest BCUT2D eigenvalue weighted by Gasteiger charge is -2.06. The normalized spacial score (nSPS) is 10.5. The molecule has 98 valence electrons. The van der Waals surface area contributed by atoms with Gasteiger partial charge in [-0.15, -0.1) is 0 Å². The quantitative estimate of drug-likeness (QED) is 0.664. The summed E-state index contributed by atoms with van der Waals surface area (Å²) in [4.78, 5) is 12.2. The van der Waals surface area contributed by atoms with Crippen molar-refractivity contribution in [2.45, 2.75) is 13.3 Å². The van der Waals surface area contributed by atoms with Gasteiger partial charge in [0.2, 0.25) is 0 Å². The van der Waals surface area contributed by atoms with Crippen LogP contribution in [0.15, 0.2) is 40.9 Å². The predicted molar refractivity (Wildman–Crippen MR) is 83.4 cm³/mol. The first-order valence-corrected chi connectivity index (χ1v) is 7.25. The second-order valence-electron chi connectivity index (χ2n) is 4.30. The Morgan fingerprint density at radius 3 is 2.58 bits per heavy atom. The van der Waals surface area contributed by atoms with E-state index in [1.165, 1.54) is 0 Å². The summed E-state index contributed by atoms with van der Waals surface area (Å²) in [5.74, 6) is 0.0184. The van der Waals surface area contributed by atoms with Crippen molar-refractivity contribution in [1.29, 1.82) is 0 Å². The molecule has 0 aliphatic carbocycles. The van der Waals surface area contributed by atoms with Crippen molar-refractivity contribution < 1.29 is 4.79 Å². The van der Waals surface area contributed by atoms with E-state index in [9.17, 15) is 4.79 Å². The van der Waals surface area contributed by atoms with Crippen molar-refractivity contribution in [3.8, 4) is 0 Å². The molecule has 2 aromatic rings. The summed E-state index contributed by atoms with van der Waals surface area (Å²) >= 11 is 15.4. The number of hydrogen-bond acceptors (Lipinski definition) is 1. The van der Waals surface area contributed by atoms with Gasteiger partial charge < -0.3 is 0 Å². The van der Waals surface area contributed by atoms with Gasteiger partial charge >= 0.3 is 0 Å². The average molecular weight is 358 g/mol. The predicted octanol–water partition coefficient (Wildman–Crippen LogP) is 5.49. The molecule has 0 fully saturated rings. The zero-order valence-electron chi connectivity index (χ0n) is 10.2. The zero-order chi connectivity index (χ0) is 14.0. The Morgan fingerprint density at radius 2 is 1.89 bits per heavy atom. The van der Waals surface area contributed by atoms with E-state index in [1.54, 1.807) is 18.2 Å². The van der Waals surface area contributed by atoms with Crippen LogP contribution < -0.4 is 0 Å². The first-order valence-electron chi connectivity index (χ1n) is 5.70. The molecule has 0 heterocycles. The summed E-state index contributed by atoms with van der Waals surface area (Å²) in [5, 5.41) is 1.14. The van der Waals surface area contributed by atoms with Crippen molar-refractivity contribution in [3.05, 3.63) is 67.6 Å². The van der Waals surface area contributed by atoms with Gasteiger partial charge in [-0.3, -0.25) is 4.79 Å². The molecule has 2 aromatic carbocycles. The number of hydrogen-bond donors (Lipinski definition) is 0. The van der Waals surface area contributed by atoms with Crippen LogP contribution in [0.3, 0.4) is 0 Å². The monoisotopic (exact) mass is 356 g/mol. The van der Waals surface area contributed by atoms with Crippen molar-refractivity contribution in [2.75, 3.05) is 0 Å². The molecule has 0 aromatic heterocycles. The van der Waals surface area contributed by atoms with Crippen LogP contribution in [0.1, 0.15) is 21.5 Å². The maximum atomic E-state index is 12.2. The Morgan fingerprint density at radius 1 is 1.16 bits per heavy atom. The van der Waals surface area contributed by atoms with E-state index in [2.05, 4.69) is 15.9 Å². The Labute approximate surface area is 130 Å². The standard InChI is InChI=1S/C15H11BrCl2O/c1-9-2-3-10(7-13(9)16)15(19)8-11-6-12(17)4-5-14(11)18/h2-7H,8H2,1H3. The lowest BCUT2D eigenvalue weighted by molar-refractivity contribution is 0.0993. The lowest BCUT2D eigenvalue weighted by Crippen LogP contribution is -2.04. The number of carbonyl (C=O) groups is 1. The third-order valence-corrected chi connectivity index (χ3v) is 4.31. The molecule has 0 spiro atoms. The van der Waals surface area contributed by atoms with Crippen LogP contribution in [0.2, 0.25) is 10.0 Å². The van der Waals surface area contributed by atoms with E-state index in [4.69, 9.17) is 23.2 Å². The fourth-order valence-electron chi connectivity index (χ4n) is 1.72. The van der Waals surface area contributed by atoms with Gasteiger partial charge in [-0.2, -0.15) is 0 Å². The third kappa shape index (κ3) is 3.59. The minimum Gasteiger partial charge on any atom is -0.294 e. The smallest absolute Gasteiger partial charge is 0.167 e. The van der Waals surface area contributed by atoms with Gasteiger partial charge in [0, 0.05) is 26.5 Å². The highest BCUT2D eigenvalue weighted by molar-refractivity contribution is 9.10. The number of ketones is 1. The van der Waals surface area contributed by atoms with E-state index < -0.39 is 0 Å². The van der Waals surface area contributed by atoms with E-state index >= 15 is 0 Å². The molecule has 2 rings (SSSR count). The van der Waals surface area contributed by atoms with E-state index in [1.807, 2.05) is 25.1 Å². The SMILES string of the molecule is Cc1ccc(C(=O)Cc2cc(Cl)ccc2Cl)cc1Br. The molecule has 4 heteroatoms. The molecule has 0 amide bonds. The van der Waals surface area contributed by atoms with Crippen LogP contribution >= 0.6 is 39.1 Å². The summed E-state index contributed by atoms with van der Waals surface area (Å²) in [7, 11) is 0. The maximum absolute atomic E-state index is 12.2. The number of carbonyl (C=O) groups excluding carboxylic acids is 1. The summed E-state index contributed by atoms with van der Waals surface area (Å²) in [5.41, 5.74) is 2.50. The molecular weight excluding hydrogens is 347 g/mol. The third-order valence-electron chi connectivity index (χ3n) is 2.85. The van der Waals surface area contributed by atoms with Crippen molar-refractivity contribution in [2.24, 2.45) is 0 Å². The van der Waals surface area contributed by atoms with Crippen molar-refractivity contribution in [1.82, 2.24) is 0 Å². The van der Waals surface area contributed by atoms with Gasteiger partial charge in [0.15, 0.2) is 5.78 Å². The van der Waals surface area contributed by atoms with Crippen LogP contribution in [0, 0.1) is 6.92 Å². The van der Waals surface area contributed by atoms with Gasteiger partial charge in [0.25, 0.3) is 0 Å². The summed E-state index contributed by atoms with van der Waals surface area (Å²) < 4.78 is 0.926. The van der Waals surface area contributed by atoms with Gasteiger partial charge in [-0.1, -0.05) is 51.3 Å². The Hall–Kier alpha value is -0.830. The van der Waals surface area contributed by atoms with Crippen LogP contribution in [-0.2, 0) is 6.42 Å². The minimum atomic E-state index is 0.0184. The maximum Gasteiger partial charge on any atom is 0.167 e. The molecule has 0 atom stereocenters. The Balaban J connectivity index is 2.25. The topological polar surface area (TPSA) is 17.1 Å². The van der Waals surface area contributed by atoms with Crippen LogP contribution in [0.25, 0.3) is 0 Å². The molecular formula is C15H11BrCl2O. The van der Waals surface area contributed by atoms with E-state index in [-0.39, 0.29) is 12.2 Å². The molecule has 0 N–H and O–H groups in total. The molecule has 0 aliphatic rings. The average Bonchev–Trinajstić information content (AvgIpc) is 2.37. The molecule has 0 aliphatic heterocycles. The molecule has 0 unspecified atom stereocenters. The number of Topliss-reactive ketones (excluding diaryl/α,β-unsaturated/α-hetero) is 1. The number of aryl methyl sites for hydroxylation is 1. The fourth-order valence-corrected chi connectivity index (χ4v) is 2.48. The van der Waals surface area contributed by atoms with E-state index in [0.29, 0.717) is 15.6 Å². The lowest BCUT2D eigenvalue weighted by atomic mass is 10.0. The van der Waals surface area contributed by atoms with Crippen LogP contribution in [-0.4, -0.2) is 5.78 Å². The van der Waals surface area contributed by atoms with E-state index in [0.717, 1.165) is 15.6 Å². The summed E-state index contributed by atoms with van der Waals surface area (Å²) in [6.45, 7) is 1.98. The highest BCUT2D eigenvalue weighted by Crippen LogP contribution is 2.23. The highest BCUT2D eigenvalue weighted by atomic mass is 79.9. The molecule has 0 saturated carbocycles. The van der Waals surface area contributed by atoms with Gasteiger partial charge in [0.1, 0.15) is 0 Å². The molecule has 0 saturated heterocycles. The number of halogens is 3. The second-order valence-corrected chi connectivity index (χ2v) is 6.00. The number of rotatable bonds is 3. The van der Waals surface area contributed by atoms with Gasteiger partial charge in [-0.05, 0) is 42.3 Å².